The van der Waals surface area contributed by atoms with Gasteiger partial charge in [0.15, 0.2) is 0 Å². The number of carbonyl (C=O) groups excluding carboxylic acids is 1. The van der Waals surface area contributed by atoms with Gasteiger partial charge >= 0.3 is 0 Å². The van der Waals surface area contributed by atoms with Crippen LogP contribution in [-0.2, 0) is 4.79 Å². The fourth-order valence-electron chi connectivity index (χ4n) is 2.85. The number of hydrogen-bond acceptors (Lipinski definition) is 3. The summed E-state index contributed by atoms with van der Waals surface area (Å²) in [5.74, 6) is 1.01. The van der Waals surface area contributed by atoms with Gasteiger partial charge in [-0.1, -0.05) is 19.1 Å². The van der Waals surface area contributed by atoms with Crippen molar-refractivity contribution in [2.24, 2.45) is 5.41 Å². The molecule has 0 saturated carbocycles. The predicted octanol–water partition coefficient (Wildman–Crippen LogP) is 2.27. The number of carbonyl (C=O) groups is 1. The lowest BCUT2D eigenvalue weighted by Gasteiger charge is -2.35. The number of nitrogens with one attached hydrogen (secondary N) is 2. The standard InChI is InChI=1S/C17H26N2O2/c1-3-17(8-5-9-18-13-17)16(20)19-10-11-21-15-7-4-6-14(2)12-15/h4,6-7,12,18H,3,5,8-11,13H2,1-2H3,(H,19,20). The summed E-state index contributed by atoms with van der Waals surface area (Å²) in [4.78, 5) is 12.4. The zero-order valence-electron chi connectivity index (χ0n) is 13.1. The number of amides is 1. The average Bonchev–Trinajstić information content (AvgIpc) is 2.52. The van der Waals surface area contributed by atoms with Crippen LogP contribution in [0.5, 0.6) is 5.75 Å². The Morgan fingerprint density at radius 3 is 3.00 bits per heavy atom. The number of aryl methyl sites for hydroxylation is 1. The van der Waals surface area contributed by atoms with Crippen molar-refractivity contribution in [2.45, 2.75) is 33.1 Å². The molecule has 0 aliphatic carbocycles. The predicted molar refractivity (Wildman–Crippen MR) is 84.5 cm³/mol. The number of rotatable bonds is 6. The third-order valence-electron chi connectivity index (χ3n) is 4.28. The molecule has 4 heteroatoms. The molecule has 1 aromatic carbocycles. The van der Waals surface area contributed by atoms with Crippen LogP contribution >= 0.6 is 0 Å². The molecule has 116 valence electrons. The van der Waals surface area contributed by atoms with Gasteiger partial charge in [-0.3, -0.25) is 4.79 Å². The molecule has 0 spiro atoms. The van der Waals surface area contributed by atoms with E-state index in [9.17, 15) is 4.79 Å². The average molecular weight is 290 g/mol. The molecule has 1 aliphatic rings. The van der Waals surface area contributed by atoms with E-state index in [0.29, 0.717) is 13.2 Å². The Morgan fingerprint density at radius 2 is 2.33 bits per heavy atom. The van der Waals surface area contributed by atoms with E-state index in [1.807, 2.05) is 31.2 Å². The Morgan fingerprint density at radius 1 is 1.48 bits per heavy atom. The van der Waals surface area contributed by atoms with Crippen molar-refractivity contribution >= 4 is 5.91 Å². The molecule has 1 aromatic rings. The first-order chi connectivity index (χ1) is 10.2. The molecule has 4 nitrogen and oxygen atoms in total. The molecular weight excluding hydrogens is 264 g/mol. The molecule has 2 N–H and O–H groups in total. The van der Waals surface area contributed by atoms with Crippen molar-refractivity contribution in [2.75, 3.05) is 26.2 Å². The first kappa shape index (κ1) is 15.8. The lowest BCUT2D eigenvalue weighted by molar-refractivity contribution is -0.132. The molecule has 1 fully saturated rings. The van der Waals surface area contributed by atoms with Gasteiger partial charge in [-0.2, -0.15) is 0 Å². The number of benzene rings is 1. The van der Waals surface area contributed by atoms with E-state index in [0.717, 1.165) is 38.1 Å². The van der Waals surface area contributed by atoms with Crippen LogP contribution in [0.1, 0.15) is 31.7 Å². The summed E-state index contributed by atoms with van der Waals surface area (Å²) in [6.07, 6.45) is 2.92. The molecule has 0 radical (unpaired) electrons. The highest BCUT2D eigenvalue weighted by Gasteiger charge is 2.37. The first-order valence-electron chi connectivity index (χ1n) is 7.85. The fourth-order valence-corrected chi connectivity index (χ4v) is 2.85. The van der Waals surface area contributed by atoms with Gasteiger partial charge in [0.1, 0.15) is 12.4 Å². The highest BCUT2D eigenvalue weighted by atomic mass is 16.5. The fraction of sp³-hybridized carbons (Fsp3) is 0.588. The van der Waals surface area contributed by atoms with Gasteiger partial charge in [0.2, 0.25) is 5.91 Å². The highest BCUT2D eigenvalue weighted by Crippen LogP contribution is 2.30. The summed E-state index contributed by atoms with van der Waals surface area (Å²) in [5.41, 5.74) is 0.941. The van der Waals surface area contributed by atoms with E-state index in [2.05, 4.69) is 17.6 Å². The Hall–Kier alpha value is -1.55. The topological polar surface area (TPSA) is 50.4 Å². The molecule has 0 bridgehead atoms. The van der Waals surface area contributed by atoms with E-state index in [4.69, 9.17) is 4.74 Å². The highest BCUT2D eigenvalue weighted by molar-refractivity contribution is 5.83. The van der Waals surface area contributed by atoms with Crippen LogP contribution in [0.3, 0.4) is 0 Å². The van der Waals surface area contributed by atoms with Crippen LogP contribution in [0.15, 0.2) is 24.3 Å². The Kier molecular flexibility index (Phi) is 5.62. The smallest absolute Gasteiger partial charge is 0.227 e. The SMILES string of the molecule is CCC1(C(=O)NCCOc2cccc(C)c2)CCCNC1. The van der Waals surface area contributed by atoms with Crippen LogP contribution in [0.4, 0.5) is 0 Å². The summed E-state index contributed by atoms with van der Waals surface area (Å²) in [5, 5.41) is 6.36. The number of hydrogen-bond donors (Lipinski definition) is 2. The van der Waals surface area contributed by atoms with Gasteiger partial charge in [-0.15, -0.1) is 0 Å². The Balaban J connectivity index is 1.76. The quantitative estimate of drug-likeness (QED) is 0.790. The van der Waals surface area contributed by atoms with Gasteiger partial charge in [0.25, 0.3) is 0 Å². The summed E-state index contributed by atoms with van der Waals surface area (Å²) in [7, 11) is 0. The summed E-state index contributed by atoms with van der Waals surface area (Å²) in [6.45, 7) is 6.99. The molecule has 1 aliphatic heterocycles. The largest absolute Gasteiger partial charge is 0.492 e. The van der Waals surface area contributed by atoms with Crippen LogP contribution in [0.2, 0.25) is 0 Å². The molecular formula is C17H26N2O2. The second-order valence-corrected chi connectivity index (χ2v) is 5.84. The molecule has 1 atom stereocenters. The van der Waals surface area contributed by atoms with E-state index in [1.54, 1.807) is 0 Å². The maximum absolute atomic E-state index is 12.4. The lowest BCUT2D eigenvalue weighted by Crippen LogP contribution is -2.50. The number of piperidine rings is 1. The maximum Gasteiger partial charge on any atom is 0.227 e. The normalized spacial score (nSPS) is 21.8. The third kappa shape index (κ3) is 4.21. The van der Waals surface area contributed by atoms with Gasteiger partial charge in [-0.25, -0.2) is 0 Å². The van der Waals surface area contributed by atoms with Gasteiger partial charge < -0.3 is 15.4 Å². The number of ether oxygens (including phenoxy) is 1. The first-order valence-corrected chi connectivity index (χ1v) is 7.85. The van der Waals surface area contributed by atoms with Crippen LogP contribution < -0.4 is 15.4 Å². The second kappa shape index (κ2) is 7.46. The molecule has 21 heavy (non-hydrogen) atoms. The van der Waals surface area contributed by atoms with Crippen molar-refractivity contribution in [3.8, 4) is 5.75 Å². The molecule has 1 unspecified atom stereocenters. The lowest BCUT2D eigenvalue weighted by atomic mass is 9.77. The molecule has 1 amide bonds. The molecule has 1 saturated heterocycles. The zero-order chi connectivity index (χ0) is 15.1. The van der Waals surface area contributed by atoms with Crippen molar-refractivity contribution in [3.05, 3.63) is 29.8 Å². The van der Waals surface area contributed by atoms with Crippen LogP contribution in [0, 0.1) is 12.3 Å². The van der Waals surface area contributed by atoms with Crippen molar-refractivity contribution < 1.29 is 9.53 Å². The minimum atomic E-state index is -0.235. The Bertz CT molecular complexity index is 468. The maximum atomic E-state index is 12.4. The van der Waals surface area contributed by atoms with Crippen molar-refractivity contribution in [1.29, 1.82) is 0 Å². The van der Waals surface area contributed by atoms with Crippen LogP contribution in [0.25, 0.3) is 0 Å². The molecule has 0 aromatic heterocycles. The van der Waals surface area contributed by atoms with E-state index in [-0.39, 0.29) is 11.3 Å². The van der Waals surface area contributed by atoms with E-state index < -0.39 is 0 Å². The third-order valence-corrected chi connectivity index (χ3v) is 4.28. The van der Waals surface area contributed by atoms with E-state index >= 15 is 0 Å². The summed E-state index contributed by atoms with van der Waals surface area (Å²) < 4.78 is 5.66. The Labute approximate surface area is 127 Å². The van der Waals surface area contributed by atoms with Gasteiger partial charge in [-0.05, 0) is 50.4 Å². The zero-order valence-corrected chi connectivity index (χ0v) is 13.1. The minimum absolute atomic E-state index is 0.157. The molecule has 2 rings (SSSR count). The van der Waals surface area contributed by atoms with Crippen molar-refractivity contribution in [1.82, 2.24) is 10.6 Å². The van der Waals surface area contributed by atoms with E-state index in [1.165, 1.54) is 5.56 Å². The summed E-state index contributed by atoms with van der Waals surface area (Å²) >= 11 is 0. The second-order valence-electron chi connectivity index (χ2n) is 5.84. The molecule has 1 heterocycles. The van der Waals surface area contributed by atoms with Gasteiger partial charge in [0.05, 0.1) is 12.0 Å². The van der Waals surface area contributed by atoms with Crippen molar-refractivity contribution in [3.63, 3.8) is 0 Å². The monoisotopic (exact) mass is 290 g/mol. The van der Waals surface area contributed by atoms with Gasteiger partial charge in [0, 0.05) is 6.54 Å². The van der Waals surface area contributed by atoms with Crippen LogP contribution in [-0.4, -0.2) is 32.1 Å². The minimum Gasteiger partial charge on any atom is -0.492 e. The summed E-state index contributed by atoms with van der Waals surface area (Å²) in [6, 6.07) is 7.95.